The minimum absolute atomic E-state index is 0.203. The lowest BCUT2D eigenvalue weighted by Crippen LogP contribution is -2.37. The van der Waals surface area contributed by atoms with Crippen molar-refractivity contribution >= 4 is 11.9 Å². The zero-order valence-corrected chi connectivity index (χ0v) is 21.6. The van der Waals surface area contributed by atoms with E-state index in [2.05, 4.69) is 9.47 Å². The summed E-state index contributed by atoms with van der Waals surface area (Å²) < 4.78 is 18.6. The van der Waals surface area contributed by atoms with Crippen LogP contribution in [0.1, 0.15) is 34.6 Å². The van der Waals surface area contributed by atoms with Crippen LogP contribution in [0.25, 0.3) is 11.1 Å². The van der Waals surface area contributed by atoms with Gasteiger partial charge in [-0.3, -0.25) is 14.5 Å². The first-order valence-corrected chi connectivity index (χ1v) is 12.7. The van der Waals surface area contributed by atoms with Crippen molar-refractivity contribution < 1.29 is 23.8 Å². The number of para-hydroxylation sites is 1. The SMILES string of the molecule is COC(=O)CCc1c(-c2cccc(Oc3ccccc3)c2)c(C(N)=O)c(C)n1CCCN1CCOCC1. The number of rotatable bonds is 11. The molecule has 1 aromatic heterocycles. The van der Waals surface area contributed by atoms with Gasteiger partial charge in [0.1, 0.15) is 11.5 Å². The quantitative estimate of drug-likeness (QED) is 0.393. The Balaban J connectivity index is 1.70. The minimum Gasteiger partial charge on any atom is -0.469 e. The first-order chi connectivity index (χ1) is 18.0. The summed E-state index contributed by atoms with van der Waals surface area (Å²) in [4.78, 5) is 27.2. The molecule has 4 rings (SSSR count). The molecule has 0 radical (unpaired) electrons. The summed E-state index contributed by atoms with van der Waals surface area (Å²) in [6.07, 6.45) is 1.53. The van der Waals surface area contributed by atoms with Gasteiger partial charge in [0.2, 0.25) is 0 Å². The molecular formula is C29H35N3O5. The fourth-order valence-corrected chi connectivity index (χ4v) is 4.91. The summed E-state index contributed by atoms with van der Waals surface area (Å²) in [5, 5.41) is 0. The number of methoxy groups -OCH3 is 1. The molecule has 0 atom stereocenters. The maximum atomic E-state index is 12.7. The molecule has 2 heterocycles. The lowest BCUT2D eigenvalue weighted by Gasteiger charge is -2.26. The summed E-state index contributed by atoms with van der Waals surface area (Å²) in [5.41, 5.74) is 9.67. The Labute approximate surface area is 217 Å². The van der Waals surface area contributed by atoms with Crippen LogP contribution in [0.3, 0.4) is 0 Å². The summed E-state index contributed by atoms with van der Waals surface area (Å²) in [7, 11) is 1.38. The van der Waals surface area contributed by atoms with E-state index in [1.54, 1.807) is 0 Å². The lowest BCUT2D eigenvalue weighted by atomic mass is 9.97. The molecule has 37 heavy (non-hydrogen) atoms. The van der Waals surface area contributed by atoms with E-state index in [1.165, 1.54) is 7.11 Å². The first kappa shape index (κ1) is 26.4. The van der Waals surface area contributed by atoms with Gasteiger partial charge >= 0.3 is 5.97 Å². The van der Waals surface area contributed by atoms with Crippen LogP contribution in [-0.2, 0) is 27.2 Å². The van der Waals surface area contributed by atoms with Gasteiger partial charge < -0.3 is 24.5 Å². The molecule has 1 aliphatic rings. The fraction of sp³-hybridized carbons (Fsp3) is 0.379. The molecule has 2 N–H and O–H groups in total. The van der Waals surface area contributed by atoms with Gasteiger partial charge in [0, 0.05) is 43.1 Å². The molecule has 8 heteroatoms. The van der Waals surface area contributed by atoms with Gasteiger partial charge in [0.25, 0.3) is 5.91 Å². The lowest BCUT2D eigenvalue weighted by molar-refractivity contribution is -0.140. The van der Waals surface area contributed by atoms with Gasteiger partial charge in [-0.2, -0.15) is 0 Å². The number of morpholine rings is 1. The van der Waals surface area contributed by atoms with E-state index in [0.717, 1.165) is 67.5 Å². The number of amides is 1. The standard InChI is InChI=1S/C29H35N3O5/c1-21-27(29(30)34)28(22-8-6-11-24(20-22)37-23-9-4-3-5-10-23)25(12-13-26(33)35-2)32(21)15-7-14-31-16-18-36-19-17-31/h3-6,8-11,20H,7,12-19H2,1-2H3,(H2,30,34). The summed E-state index contributed by atoms with van der Waals surface area (Å²) in [5.74, 6) is 0.577. The van der Waals surface area contributed by atoms with Crippen LogP contribution >= 0.6 is 0 Å². The van der Waals surface area contributed by atoms with E-state index in [4.69, 9.17) is 19.9 Å². The molecule has 0 aliphatic carbocycles. The highest BCUT2D eigenvalue weighted by atomic mass is 16.5. The van der Waals surface area contributed by atoms with Gasteiger partial charge in [0.05, 0.1) is 32.3 Å². The van der Waals surface area contributed by atoms with Crippen LogP contribution in [0.5, 0.6) is 11.5 Å². The number of carbonyl (C=O) groups is 2. The average Bonchev–Trinajstić information content (AvgIpc) is 3.20. The Morgan fingerprint density at radius 3 is 2.43 bits per heavy atom. The van der Waals surface area contributed by atoms with Crippen molar-refractivity contribution in [2.45, 2.75) is 32.7 Å². The molecule has 0 bridgehead atoms. The van der Waals surface area contributed by atoms with E-state index < -0.39 is 5.91 Å². The molecule has 8 nitrogen and oxygen atoms in total. The Kier molecular flexibility index (Phi) is 8.98. The Morgan fingerprint density at radius 1 is 1.00 bits per heavy atom. The third-order valence-electron chi connectivity index (χ3n) is 6.73. The van der Waals surface area contributed by atoms with Crippen LogP contribution in [0, 0.1) is 6.92 Å². The van der Waals surface area contributed by atoms with Crippen molar-refractivity contribution in [3.63, 3.8) is 0 Å². The predicted molar refractivity (Wildman–Crippen MR) is 142 cm³/mol. The fourth-order valence-electron chi connectivity index (χ4n) is 4.91. The number of ether oxygens (including phenoxy) is 3. The van der Waals surface area contributed by atoms with E-state index in [0.29, 0.717) is 24.3 Å². The molecule has 196 valence electrons. The number of hydrogen-bond donors (Lipinski definition) is 1. The van der Waals surface area contributed by atoms with Crippen LogP contribution in [-0.4, -0.2) is 61.3 Å². The second kappa shape index (κ2) is 12.6. The third-order valence-corrected chi connectivity index (χ3v) is 6.73. The normalized spacial score (nSPS) is 13.9. The van der Waals surface area contributed by atoms with Gasteiger partial charge in [-0.05, 0) is 49.6 Å². The van der Waals surface area contributed by atoms with Crippen LogP contribution < -0.4 is 10.5 Å². The maximum Gasteiger partial charge on any atom is 0.305 e. The monoisotopic (exact) mass is 505 g/mol. The molecular weight excluding hydrogens is 470 g/mol. The number of aromatic nitrogens is 1. The molecule has 1 aliphatic heterocycles. The van der Waals surface area contributed by atoms with E-state index in [9.17, 15) is 9.59 Å². The summed E-state index contributed by atoms with van der Waals surface area (Å²) >= 11 is 0. The van der Waals surface area contributed by atoms with Crippen LogP contribution in [0.2, 0.25) is 0 Å². The molecule has 1 amide bonds. The molecule has 0 unspecified atom stereocenters. The Hall–Kier alpha value is -3.62. The summed E-state index contributed by atoms with van der Waals surface area (Å²) in [6.45, 7) is 6.91. The zero-order valence-electron chi connectivity index (χ0n) is 21.6. The van der Waals surface area contributed by atoms with Gasteiger partial charge in [-0.15, -0.1) is 0 Å². The summed E-state index contributed by atoms with van der Waals surface area (Å²) in [6, 6.07) is 17.2. The Morgan fingerprint density at radius 2 is 1.73 bits per heavy atom. The highest BCUT2D eigenvalue weighted by Crippen LogP contribution is 2.36. The molecule has 2 aromatic carbocycles. The van der Waals surface area contributed by atoms with Gasteiger partial charge in [-0.25, -0.2) is 0 Å². The topological polar surface area (TPSA) is 96.0 Å². The molecule has 0 saturated carbocycles. The highest BCUT2D eigenvalue weighted by Gasteiger charge is 2.25. The van der Waals surface area contributed by atoms with Crippen LogP contribution in [0.4, 0.5) is 0 Å². The molecule has 0 spiro atoms. The van der Waals surface area contributed by atoms with Crippen LogP contribution in [0.15, 0.2) is 54.6 Å². The smallest absolute Gasteiger partial charge is 0.305 e. The number of hydrogen-bond acceptors (Lipinski definition) is 6. The van der Waals surface area contributed by atoms with Crippen molar-refractivity contribution in [3.05, 3.63) is 71.5 Å². The largest absolute Gasteiger partial charge is 0.469 e. The van der Waals surface area contributed by atoms with E-state index >= 15 is 0 Å². The zero-order chi connectivity index (χ0) is 26.2. The van der Waals surface area contributed by atoms with Crippen molar-refractivity contribution in [3.8, 4) is 22.6 Å². The number of carbonyl (C=O) groups excluding carboxylic acids is 2. The second-order valence-corrected chi connectivity index (χ2v) is 9.12. The highest BCUT2D eigenvalue weighted by molar-refractivity contribution is 6.02. The van der Waals surface area contributed by atoms with Crippen molar-refractivity contribution in [1.29, 1.82) is 0 Å². The van der Waals surface area contributed by atoms with Crippen molar-refractivity contribution in [1.82, 2.24) is 9.47 Å². The van der Waals surface area contributed by atoms with Crippen molar-refractivity contribution in [2.75, 3.05) is 40.0 Å². The minimum atomic E-state index is -0.492. The Bertz CT molecular complexity index is 1220. The predicted octanol–water partition coefficient (Wildman–Crippen LogP) is 4.18. The van der Waals surface area contributed by atoms with Gasteiger partial charge in [0.15, 0.2) is 0 Å². The number of nitrogens with zero attached hydrogens (tertiary/aromatic N) is 2. The van der Waals surface area contributed by atoms with E-state index in [1.807, 2.05) is 61.5 Å². The first-order valence-electron chi connectivity index (χ1n) is 12.7. The van der Waals surface area contributed by atoms with Crippen molar-refractivity contribution in [2.24, 2.45) is 5.73 Å². The third kappa shape index (κ3) is 6.58. The molecule has 3 aromatic rings. The van der Waals surface area contributed by atoms with Gasteiger partial charge in [-0.1, -0.05) is 30.3 Å². The number of benzene rings is 2. The van der Waals surface area contributed by atoms with E-state index in [-0.39, 0.29) is 12.4 Å². The number of esters is 1. The maximum absolute atomic E-state index is 12.7. The average molecular weight is 506 g/mol. The molecule has 1 saturated heterocycles. The second-order valence-electron chi connectivity index (χ2n) is 9.12. The number of nitrogens with two attached hydrogens (primary N) is 1. The molecule has 1 fully saturated rings. The number of primary amides is 1.